The molecule has 0 saturated carbocycles. The number of hydrogen-bond acceptors (Lipinski definition) is 3. The molecule has 0 aromatic rings. The molecule has 1 aliphatic heterocycles. The van der Waals surface area contributed by atoms with Gasteiger partial charge in [0.2, 0.25) is 5.91 Å². The number of carbonyl (C=O) groups is 2. The number of hydrogen-bond donors (Lipinski definition) is 2. The predicted octanol–water partition coefficient (Wildman–Crippen LogP) is 0.474. The number of piperidine rings is 1. The largest absolute Gasteiger partial charge is 0.480 e. The highest BCUT2D eigenvalue weighted by Gasteiger charge is 2.34. The highest BCUT2D eigenvalue weighted by atomic mass is 16.4. The summed E-state index contributed by atoms with van der Waals surface area (Å²) < 4.78 is 0. The van der Waals surface area contributed by atoms with Crippen LogP contribution in [0.1, 0.15) is 19.8 Å². The van der Waals surface area contributed by atoms with Crippen LogP contribution in [0.15, 0.2) is 12.7 Å². The van der Waals surface area contributed by atoms with Gasteiger partial charge in [-0.1, -0.05) is 13.0 Å². The van der Waals surface area contributed by atoms with Gasteiger partial charge >= 0.3 is 5.97 Å². The summed E-state index contributed by atoms with van der Waals surface area (Å²) in [4.78, 5) is 24.5. The smallest absolute Gasteiger partial charge is 0.321 e. The normalized spacial score (nSPS) is 25.2. The van der Waals surface area contributed by atoms with Crippen molar-refractivity contribution in [1.29, 1.82) is 0 Å². The topological polar surface area (TPSA) is 69.6 Å². The van der Waals surface area contributed by atoms with Gasteiger partial charge in [0.25, 0.3) is 0 Å². The van der Waals surface area contributed by atoms with E-state index in [1.165, 1.54) is 0 Å². The van der Waals surface area contributed by atoms with Gasteiger partial charge in [0.05, 0.1) is 6.54 Å². The van der Waals surface area contributed by atoms with E-state index >= 15 is 0 Å². The Morgan fingerprint density at radius 1 is 1.59 bits per heavy atom. The first kappa shape index (κ1) is 13.7. The van der Waals surface area contributed by atoms with Gasteiger partial charge in [0, 0.05) is 6.54 Å². The Hall–Kier alpha value is -1.36. The number of aliphatic carboxylic acids is 1. The lowest BCUT2D eigenvalue weighted by Crippen LogP contribution is -2.52. The molecule has 1 fully saturated rings. The van der Waals surface area contributed by atoms with Crippen molar-refractivity contribution in [2.24, 2.45) is 5.92 Å². The van der Waals surface area contributed by atoms with E-state index in [1.807, 2.05) is 6.92 Å². The first-order chi connectivity index (χ1) is 8.06. The van der Waals surface area contributed by atoms with Crippen molar-refractivity contribution in [3.63, 3.8) is 0 Å². The van der Waals surface area contributed by atoms with Crippen molar-refractivity contribution < 1.29 is 14.7 Å². The zero-order valence-corrected chi connectivity index (χ0v) is 10.2. The Labute approximate surface area is 101 Å². The zero-order valence-electron chi connectivity index (χ0n) is 10.2. The van der Waals surface area contributed by atoms with E-state index in [4.69, 9.17) is 0 Å². The van der Waals surface area contributed by atoms with E-state index in [-0.39, 0.29) is 18.4 Å². The lowest BCUT2D eigenvalue weighted by atomic mass is 9.91. The van der Waals surface area contributed by atoms with Gasteiger partial charge < -0.3 is 10.4 Å². The molecule has 0 spiro atoms. The highest BCUT2D eigenvalue weighted by molar-refractivity contribution is 5.80. The van der Waals surface area contributed by atoms with Crippen molar-refractivity contribution in [3.8, 4) is 0 Å². The molecule has 1 heterocycles. The fraction of sp³-hybridized carbons (Fsp3) is 0.667. The third-order valence-electron chi connectivity index (χ3n) is 3.08. The van der Waals surface area contributed by atoms with E-state index in [1.54, 1.807) is 11.0 Å². The third kappa shape index (κ3) is 3.85. The molecule has 0 bridgehead atoms. The van der Waals surface area contributed by atoms with Crippen LogP contribution in [0, 0.1) is 5.92 Å². The van der Waals surface area contributed by atoms with Gasteiger partial charge in [-0.3, -0.25) is 14.5 Å². The molecular weight excluding hydrogens is 220 g/mol. The van der Waals surface area contributed by atoms with Crippen molar-refractivity contribution in [1.82, 2.24) is 10.2 Å². The fourth-order valence-electron chi connectivity index (χ4n) is 2.28. The second-order valence-corrected chi connectivity index (χ2v) is 4.47. The third-order valence-corrected chi connectivity index (χ3v) is 3.08. The summed E-state index contributed by atoms with van der Waals surface area (Å²) in [6.07, 6.45) is 3.45. The molecule has 17 heavy (non-hydrogen) atoms. The average Bonchev–Trinajstić information content (AvgIpc) is 2.25. The Morgan fingerprint density at radius 3 is 2.88 bits per heavy atom. The molecule has 1 saturated heterocycles. The van der Waals surface area contributed by atoms with Crippen molar-refractivity contribution in [2.45, 2.75) is 25.8 Å². The number of rotatable bonds is 5. The van der Waals surface area contributed by atoms with Crippen molar-refractivity contribution in [2.75, 3.05) is 19.6 Å². The molecule has 0 aromatic carbocycles. The summed E-state index contributed by atoms with van der Waals surface area (Å²) in [6, 6.07) is -0.543. The van der Waals surface area contributed by atoms with E-state index in [2.05, 4.69) is 11.9 Å². The van der Waals surface area contributed by atoms with E-state index in [0.717, 1.165) is 12.8 Å². The molecule has 0 aliphatic carbocycles. The van der Waals surface area contributed by atoms with Gasteiger partial charge in [0.1, 0.15) is 6.04 Å². The molecule has 0 radical (unpaired) electrons. The highest BCUT2D eigenvalue weighted by Crippen LogP contribution is 2.23. The van der Waals surface area contributed by atoms with Crippen LogP contribution in [-0.2, 0) is 9.59 Å². The molecule has 2 N–H and O–H groups in total. The van der Waals surface area contributed by atoms with Crippen molar-refractivity contribution >= 4 is 11.9 Å². The Balaban J connectivity index is 2.57. The Kier molecular flexibility index (Phi) is 5.15. The number of nitrogens with zero attached hydrogens (tertiary/aromatic N) is 1. The van der Waals surface area contributed by atoms with Crippen LogP contribution < -0.4 is 5.32 Å². The molecular formula is C12H20N2O3. The first-order valence-electron chi connectivity index (χ1n) is 5.90. The molecule has 0 aromatic heterocycles. The standard InChI is InChI=1S/C12H20N2O3/c1-3-6-13-10(15)8-14-7-4-5-9(2)11(14)12(16)17/h3,9,11H,1,4-8H2,2H3,(H,13,15)(H,16,17). The second-order valence-electron chi connectivity index (χ2n) is 4.47. The molecule has 1 rings (SSSR count). The van der Waals surface area contributed by atoms with Crippen LogP contribution in [0.2, 0.25) is 0 Å². The molecule has 5 nitrogen and oxygen atoms in total. The summed E-state index contributed by atoms with van der Waals surface area (Å²) in [6.45, 7) is 6.67. The second kappa shape index (κ2) is 6.39. The molecule has 1 aliphatic rings. The van der Waals surface area contributed by atoms with Crippen LogP contribution in [0.4, 0.5) is 0 Å². The van der Waals surface area contributed by atoms with E-state index < -0.39 is 12.0 Å². The Bertz CT molecular complexity index is 304. The SMILES string of the molecule is C=CCNC(=O)CN1CCCC(C)C1C(=O)O. The Morgan fingerprint density at radius 2 is 2.29 bits per heavy atom. The average molecular weight is 240 g/mol. The fourth-order valence-corrected chi connectivity index (χ4v) is 2.28. The van der Waals surface area contributed by atoms with Crippen LogP contribution >= 0.6 is 0 Å². The van der Waals surface area contributed by atoms with Gasteiger partial charge in [-0.15, -0.1) is 6.58 Å². The maximum Gasteiger partial charge on any atom is 0.321 e. The molecule has 2 atom stereocenters. The lowest BCUT2D eigenvalue weighted by molar-refractivity contribution is -0.147. The lowest BCUT2D eigenvalue weighted by Gasteiger charge is -2.36. The number of carboxylic acid groups (broad SMARTS) is 1. The maximum atomic E-state index is 11.6. The minimum Gasteiger partial charge on any atom is -0.480 e. The first-order valence-corrected chi connectivity index (χ1v) is 5.90. The number of carboxylic acids is 1. The molecule has 1 amide bonds. The van der Waals surface area contributed by atoms with Crippen LogP contribution in [0.25, 0.3) is 0 Å². The molecule has 96 valence electrons. The predicted molar refractivity (Wildman–Crippen MR) is 64.6 cm³/mol. The summed E-state index contributed by atoms with van der Waals surface area (Å²) >= 11 is 0. The van der Waals surface area contributed by atoms with Gasteiger partial charge in [-0.25, -0.2) is 0 Å². The van der Waals surface area contributed by atoms with Crippen LogP contribution in [-0.4, -0.2) is 47.6 Å². The minimum absolute atomic E-state index is 0.0912. The number of nitrogens with one attached hydrogen (secondary N) is 1. The minimum atomic E-state index is -0.839. The molecule has 5 heteroatoms. The quantitative estimate of drug-likeness (QED) is 0.686. The van der Waals surface area contributed by atoms with Gasteiger partial charge in [0.15, 0.2) is 0 Å². The van der Waals surface area contributed by atoms with E-state index in [0.29, 0.717) is 13.1 Å². The number of carbonyl (C=O) groups excluding carboxylic acids is 1. The molecule has 2 unspecified atom stereocenters. The van der Waals surface area contributed by atoms with Crippen molar-refractivity contribution in [3.05, 3.63) is 12.7 Å². The van der Waals surface area contributed by atoms with Crippen LogP contribution in [0.3, 0.4) is 0 Å². The van der Waals surface area contributed by atoms with E-state index in [9.17, 15) is 14.7 Å². The zero-order chi connectivity index (χ0) is 12.8. The summed E-state index contributed by atoms with van der Waals surface area (Å²) in [7, 11) is 0. The van der Waals surface area contributed by atoms with Gasteiger partial charge in [-0.05, 0) is 25.3 Å². The number of amides is 1. The number of likely N-dealkylation sites (tertiary alicyclic amines) is 1. The summed E-state index contributed by atoms with van der Waals surface area (Å²) in [5.41, 5.74) is 0. The monoisotopic (exact) mass is 240 g/mol. The summed E-state index contributed by atoms with van der Waals surface area (Å²) in [5.74, 6) is -0.896. The summed E-state index contributed by atoms with van der Waals surface area (Å²) in [5, 5.41) is 11.8. The van der Waals surface area contributed by atoms with Gasteiger partial charge in [-0.2, -0.15) is 0 Å². The van der Waals surface area contributed by atoms with Crippen LogP contribution in [0.5, 0.6) is 0 Å². The maximum absolute atomic E-state index is 11.6.